The molecule has 2 N–H and O–H groups in total. The number of anilines is 1. The molecule has 19 heavy (non-hydrogen) atoms. The van der Waals surface area contributed by atoms with Crippen LogP contribution in [0.25, 0.3) is 0 Å². The number of hydrogen-bond acceptors (Lipinski definition) is 4. The summed E-state index contributed by atoms with van der Waals surface area (Å²) >= 11 is 0. The first-order valence-electron chi connectivity index (χ1n) is 6.20. The molecule has 1 aliphatic rings. The number of hydrogen-bond donors (Lipinski definition) is 2. The topological polar surface area (TPSA) is 95.4 Å². The third kappa shape index (κ3) is 3.90. The van der Waals surface area contributed by atoms with Crippen molar-refractivity contribution in [3.05, 3.63) is 18.5 Å². The van der Waals surface area contributed by atoms with E-state index in [4.69, 9.17) is 5.11 Å². The van der Waals surface area contributed by atoms with Gasteiger partial charge in [0, 0.05) is 31.9 Å². The molecule has 7 heteroatoms. The Hall–Kier alpha value is -2.18. The van der Waals surface area contributed by atoms with E-state index in [0.717, 1.165) is 6.42 Å². The van der Waals surface area contributed by atoms with Crippen molar-refractivity contribution in [1.29, 1.82) is 0 Å². The number of rotatable bonds is 4. The van der Waals surface area contributed by atoms with Gasteiger partial charge in [0.1, 0.15) is 0 Å². The molecule has 1 fully saturated rings. The van der Waals surface area contributed by atoms with Crippen LogP contribution in [0.4, 0.5) is 10.7 Å². The minimum Gasteiger partial charge on any atom is -0.481 e. The van der Waals surface area contributed by atoms with Crippen molar-refractivity contribution in [2.24, 2.45) is 5.92 Å². The van der Waals surface area contributed by atoms with Crippen molar-refractivity contribution >= 4 is 17.9 Å². The summed E-state index contributed by atoms with van der Waals surface area (Å²) in [5.41, 5.74) is 0. The number of nitrogens with one attached hydrogen (secondary N) is 1. The molecular weight excluding hydrogens is 248 g/mol. The van der Waals surface area contributed by atoms with E-state index >= 15 is 0 Å². The Labute approximate surface area is 110 Å². The molecule has 0 bridgehead atoms. The lowest BCUT2D eigenvalue weighted by Crippen LogP contribution is -2.33. The fraction of sp³-hybridized carbons (Fsp3) is 0.500. The largest absolute Gasteiger partial charge is 0.481 e. The molecule has 1 aromatic heterocycles. The molecule has 102 valence electrons. The van der Waals surface area contributed by atoms with Gasteiger partial charge in [-0.25, -0.2) is 14.8 Å². The highest BCUT2D eigenvalue weighted by Crippen LogP contribution is 2.21. The summed E-state index contributed by atoms with van der Waals surface area (Å²) < 4.78 is 0. The molecule has 2 rings (SSSR count). The summed E-state index contributed by atoms with van der Waals surface area (Å²) in [5, 5.41) is 11.3. The number of carbonyl (C=O) groups excluding carboxylic acids is 1. The molecule has 0 aromatic carbocycles. The number of aliphatic carboxylic acids is 1. The molecule has 1 unspecified atom stereocenters. The number of aromatic nitrogens is 2. The van der Waals surface area contributed by atoms with Crippen LogP contribution in [0, 0.1) is 5.92 Å². The van der Waals surface area contributed by atoms with Crippen molar-refractivity contribution in [3.8, 4) is 0 Å². The maximum atomic E-state index is 11.9. The lowest BCUT2D eigenvalue weighted by atomic mass is 10.0. The SMILES string of the molecule is O=C(O)CCC1CCN(C(=O)Nc2ncccn2)C1. The van der Waals surface area contributed by atoms with Crippen LogP contribution in [0.3, 0.4) is 0 Å². The fourth-order valence-corrected chi connectivity index (χ4v) is 2.12. The van der Waals surface area contributed by atoms with Gasteiger partial charge in [0.25, 0.3) is 0 Å². The molecule has 0 aliphatic carbocycles. The average Bonchev–Trinajstić information content (AvgIpc) is 2.86. The molecule has 1 atom stereocenters. The predicted octanol–water partition coefficient (Wildman–Crippen LogP) is 1.20. The third-order valence-corrected chi connectivity index (χ3v) is 3.12. The molecule has 0 saturated carbocycles. The fourth-order valence-electron chi connectivity index (χ4n) is 2.12. The van der Waals surface area contributed by atoms with E-state index in [0.29, 0.717) is 19.5 Å². The summed E-state index contributed by atoms with van der Waals surface area (Å²) in [6.07, 6.45) is 4.73. The Morgan fingerprint density at radius 2 is 2.16 bits per heavy atom. The first kappa shape index (κ1) is 13.3. The number of carboxylic acid groups (broad SMARTS) is 1. The first-order chi connectivity index (χ1) is 9.15. The molecule has 2 amide bonds. The summed E-state index contributed by atoms with van der Waals surface area (Å²) in [4.78, 5) is 31.9. The van der Waals surface area contributed by atoms with E-state index in [1.54, 1.807) is 23.4 Å². The van der Waals surface area contributed by atoms with Gasteiger partial charge in [0.2, 0.25) is 5.95 Å². The highest BCUT2D eigenvalue weighted by atomic mass is 16.4. The summed E-state index contributed by atoms with van der Waals surface area (Å²) in [7, 11) is 0. The Morgan fingerprint density at radius 1 is 1.42 bits per heavy atom. The molecular formula is C12H16N4O3. The highest BCUT2D eigenvalue weighted by Gasteiger charge is 2.26. The monoisotopic (exact) mass is 264 g/mol. The molecule has 0 spiro atoms. The normalized spacial score (nSPS) is 18.3. The molecule has 2 heterocycles. The number of urea groups is 1. The quantitative estimate of drug-likeness (QED) is 0.851. The van der Waals surface area contributed by atoms with Crippen LogP contribution in [0.15, 0.2) is 18.5 Å². The second kappa shape index (κ2) is 6.12. The smallest absolute Gasteiger partial charge is 0.324 e. The zero-order chi connectivity index (χ0) is 13.7. The molecule has 0 radical (unpaired) electrons. The van der Waals surface area contributed by atoms with Crippen molar-refractivity contribution in [3.63, 3.8) is 0 Å². The number of carbonyl (C=O) groups is 2. The van der Waals surface area contributed by atoms with Crippen LogP contribution in [0.5, 0.6) is 0 Å². The van der Waals surface area contributed by atoms with E-state index < -0.39 is 5.97 Å². The lowest BCUT2D eigenvalue weighted by molar-refractivity contribution is -0.137. The van der Waals surface area contributed by atoms with Gasteiger partial charge in [-0.05, 0) is 24.8 Å². The maximum absolute atomic E-state index is 11.9. The van der Waals surface area contributed by atoms with Crippen LogP contribution >= 0.6 is 0 Å². The molecule has 1 saturated heterocycles. The Balaban J connectivity index is 1.80. The van der Waals surface area contributed by atoms with Gasteiger partial charge in [-0.2, -0.15) is 0 Å². The van der Waals surface area contributed by atoms with E-state index in [9.17, 15) is 9.59 Å². The molecule has 1 aromatic rings. The Bertz CT molecular complexity index is 452. The standard InChI is InChI=1S/C12H16N4O3/c17-10(18)3-2-9-4-7-16(8-9)12(19)15-11-13-5-1-6-14-11/h1,5-6,9H,2-4,7-8H2,(H,17,18)(H,13,14,15,19). The van der Waals surface area contributed by atoms with E-state index in [-0.39, 0.29) is 24.3 Å². The predicted molar refractivity (Wildman–Crippen MR) is 67.6 cm³/mol. The van der Waals surface area contributed by atoms with Crippen LogP contribution in [-0.4, -0.2) is 45.1 Å². The van der Waals surface area contributed by atoms with Gasteiger partial charge in [0.05, 0.1) is 0 Å². The Kier molecular flexibility index (Phi) is 4.27. The van der Waals surface area contributed by atoms with E-state index in [1.807, 2.05) is 0 Å². The number of nitrogens with zero attached hydrogens (tertiary/aromatic N) is 3. The zero-order valence-corrected chi connectivity index (χ0v) is 10.5. The van der Waals surface area contributed by atoms with Gasteiger partial charge < -0.3 is 10.0 Å². The van der Waals surface area contributed by atoms with Gasteiger partial charge in [-0.1, -0.05) is 0 Å². The lowest BCUT2D eigenvalue weighted by Gasteiger charge is -2.16. The van der Waals surface area contributed by atoms with Gasteiger partial charge >= 0.3 is 12.0 Å². The molecule has 7 nitrogen and oxygen atoms in total. The Morgan fingerprint density at radius 3 is 2.84 bits per heavy atom. The second-order valence-corrected chi connectivity index (χ2v) is 4.54. The van der Waals surface area contributed by atoms with Crippen molar-refractivity contribution in [2.45, 2.75) is 19.3 Å². The van der Waals surface area contributed by atoms with Crippen LogP contribution < -0.4 is 5.32 Å². The third-order valence-electron chi connectivity index (χ3n) is 3.12. The van der Waals surface area contributed by atoms with E-state index in [1.165, 1.54) is 0 Å². The van der Waals surface area contributed by atoms with Crippen molar-refractivity contribution in [1.82, 2.24) is 14.9 Å². The number of carboxylic acids is 1. The zero-order valence-electron chi connectivity index (χ0n) is 10.5. The summed E-state index contributed by atoms with van der Waals surface area (Å²) in [6.45, 7) is 1.23. The average molecular weight is 264 g/mol. The highest BCUT2D eigenvalue weighted by molar-refractivity contribution is 5.87. The summed E-state index contributed by atoms with van der Waals surface area (Å²) in [5.74, 6) is -0.249. The van der Waals surface area contributed by atoms with Gasteiger partial charge in [0.15, 0.2) is 0 Å². The van der Waals surface area contributed by atoms with E-state index in [2.05, 4.69) is 15.3 Å². The molecule has 1 aliphatic heterocycles. The minimum atomic E-state index is -0.791. The van der Waals surface area contributed by atoms with Crippen molar-refractivity contribution in [2.75, 3.05) is 18.4 Å². The van der Waals surface area contributed by atoms with Crippen molar-refractivity contribution < 1.29 is 14.7 Å². The van der Waals surface area contributed by atoms with Gasteiger partial charge in [-0.3, -0.25) is 10.1 Å². The number of amides is 2. The van der Waals surface area contributed by atoms with Gasteiger partial charge in [-0.15, -0.1) is 0 Å². The maximum Gasteiger partial charge on any atom is 0.324 e. The summed E-state index contributed by atoms with van der Waals surface area (Å²) in [6, 6.07) is 1.44. The van der Waals surface area contributed by atoms with Crippen LogP contribution in [0.2, 0.25) is 0 Å². The number of likely N-dealkylation sites (tertiary alicyclic amines) is 1. The second-order valence-electron chi connectivity index (χ2n) is 4.54. The van der Waals surface area contributed by atoms with Crippen LogP contribution in [-0.2, 0) is 4.79 Å². The first-order valence-corrected chi connectivity index (χ1v) is 6.20. The van der Waals surface area contributed by atoms with Crippen LogP contribution in [0.1, 0.15) is 19.3 Å². The minimum absolute atomic E-state index is 0.155.